The number of rotatable bonds is 9. The summed E-state index contributed by atoms with van der Waals surface area (Å²) in [6, 6.07) is 5.82. The number of halogens is 1. The zero-order valence-electron chi connectivity index (χ0n) is 18.0. The summed E-state index contributed by atoms with van der Waals surface area (Å²) >= 11 is 1.37. The highest BCUT2D eigenvalue weighted by Gasteiger charge is 2.16. The third-order valence-electron chi connectivity index (χ3n) is 4.79. The Morgan fingerprint density at radius 2 is 2.03 bits per heavy atom. The van der Waals surface area contributed by atoms with Crippen molar-refractivity contribution in [1.29, 1.82) is 0 Å². The van der Waals surface area contributed by atoms with Crippen LogP contribution in [-0.4, -0.2) is 24.7 Å². The lowest BCUT2D eigenvalue weighted by Crippen LogP contribution is -1.97. The number of nitro benzene ring substituents is 1. The van der Waals surface area contributed by atoms with E-state index in [1.54, 1.807) is 12.4 Å². The van der Waals surface area contributed by atoms with E-state index in [2.05, 4.69) is 33.9 Å². The Morgan fingerprint density at radius 3 is 2.81 bits per heavy atom. The molecule has 0 atom stereocenters. The first-order valence-electron chi connectivity index (χ1n) is 10.4. The van der Waals surface area contributed by atoms with Crippen LogP contribution in [0.1, 0.15) is 50.2 Å². The summed E-state index contributed by atoms with van der Waals surface area (Å²) in [4.78, 5) is 14.5. The molecule has 1 aromatic carbocycles. The van der Waals surface area contributed by atoms with Gasteiger partial charge >= 0.3 is 5.69 Å². The second-order valence-electron chi connectivity index (χ2n) is 7.27. The lowest BCUT2D eigenvalue weighted by atomic mass is 10.1. The zero-order chi connectivity index (χ0) is 22.9. The molecule has 0 aliphatic heterocycles. The van der Waals surface area contributed by atoms with E-state index in [0.29, 0.717) is 22.3 Å². The zero-order valence-corrected chi connectivity index (χ0v) is 18.9. The van der Waals surface area contributed by atoms with E-state index in [4.69, 9.17) is 0 Å². The van der Waals surface area contributed by atoms with E-state index in [0.717, 1.165) is 30.0 Å². The summed E-state index contributed by atoms with van der Waals surface area (Å²) < 4.78 is 15.4. The van der Waals surface area contributed by atoms with Crippen LogP contribution in [-0.2, 0) is 12.8 Å². The van der Waals surface area contributed by atoms with E-state index in [-0.39, 0.29) is 0 Å². The van der Waals surface area contributed by atoms with E-state index >= 15 is 0 Å². The van der Waals surface area contributed by atoms with Crippen LogP contribution in [0.3, 0.4) is 0 Å². The van der Waals surface area contributed by atoms with Gasteiger partial charge in [0.2, 0.25) is 5.82 Å². The van der Waals surface area contributed by atoms with Gasteiger partial charge in [-0.05, 0) is 24.1 Å². The van der Waals surface area contributed by atoms with Crippen LogP contribution in [0.25, 0.3) is 11.4 Å². The van der Waals surface area contributed by atoms with Gasteiger partial charge in [0.05, 0.1) is 4.92 Å². The highest BCUT2D eigenvalue weighted by atomic mass is 32.2. The van der Waals surface area contributed by atoms with Crippen LogP contribution in [0.15, 0.2) is 41.8 Å². The molecule has 2 aromatic heterocycles. The maximum Gasteiger partial charge on any atom is 0.305 e. The van der Waals surface area contributed by atoms with Crippen LogP contribution in [0.4, 0.5) is 10.1 Å². The molecule has 9 heteroatoms. The third kappa shape index (κ3) is 6.14. The summed E-state index contributed by atoms with van der Waals surface area (Å²) in [5, 5.41) is 20.1. The summed E-state index contributed by atoms with van der Waals surface area (Å²) in [7, 11) is 1.84. The number of aromatic nitrogens is 4. The fraction of sp³-hybridized carbons (Fsp3) is 0.348. The fourth-order valence-corrected chi connectivity index (χ4v) is 3.92. The minimum atomic E-state index is -0.846. The van der Waals surface area contributed by atoms with Crippen molar-refractivity contribution in [2.75, 3.05) is 0 Å². The second-order valence-corrected chi connectivity index (χ2v) is 8.21. The molecule has 0 bridgehead atoms. The molecule has 0 fully saturated rings. The number of hydrogen-bond donors (Lipinski definition) is 0. The van der Waals surface area contributed by atoms with Gasteiger partial charge in [0, 0.05) is 48.8 Å². The molecule has 0 aliphatic rings. The van der Waals surface area contributed by atoms with Crippen molar-refractivity contribution in [3.63, 3.8) is 0 Å². The Bertz CT molecular complexity index is 1150. The van der Waals surface area contributed by atoms with Crippen molar-refractivity contribution in [2.24, 2.45) is 7.05 Å². The van der Waals surface area contributed by atoms with Gasteiger partial charge in [0.15, 0.2) is 11.0 Å². The predicted octanol–water partition coefficient (Wildman–Crippen LogP) is 5.54. The Labute approximate surface area is 190 Å². The maximum absolute atomic E-state index is 13.5. The van der Waals surface area contributed by atoms with Gasteiger partial charge in [0.1, 0.15) is 0 Å². The number of pyridine rings is 1. The van der Waals surface area contributed by atoms with Gasteiger partial charge in [-0.1, -0.05) is 55.9 Å². The van der Waals surface area contributed by atoms with E-state index < -0.39 is 16.4 Å². The molecule has 3 rings (SSSR count). The van der Waals surface area contributed by atoms with Crippen molar-refractivity contribution in [3.8, 4) is 23.2 Å². The standard InChI is InChI=1S/C23H24FN5O2S/c1-3-4-5-6-7-8-9-17-12-19(15-25-14-17)22-26-27-23(28(22)2)32-16-18-10-11-20(24)21(13-18)29(30)31/h10-15H,3-7,16H2,1-2H3. The molecule has 0 saturated carbocycles. The van der Waals surface area contributed by atoms with Gasteiger partial charge in [-0.15, -0.1) is 10.2 Å². The first-order chi connectivity index (χ1) is 15.5. The number of benzene rings is 1. The van der Waals surface area contributed by atoms with Crippen molar-refractivity contribution in [3.05, 3.63) is 63.7 Å². The first-order valence-corrected chi connectivity index (χ1v) is 11.4. The third-order valence-corrected chi connectivity index (χ3v) is 5.89. The largest absolute Gasteiger partial charge is 0.305 e. The topological polar surface area (TPSA) is 86.7 Å². The van der Waals surface area contributed by atoms with Crippen LogP contribution >= 0.6 is 11.8 Å². The van der Waals surface area contributed by atoms with Crippen LogP contribution < -0.4 is 0 Å². The Morgan fingerprint density at radius 1 is 1.19 bits per heavy atom. The molecule has 0 N–H and O–H groups in total. The van der Waals surface area contributed by atoms with Crippen LogP contribution in [0.2, 0.25) is 0 Å². The quantitative estimate of drug-likeness (QED) is 0.139. The van der Waals surface area contributed by atoms with E-state index in [9.17, 15) is 14.5 Å². The molecule has 2 heterocycles. The Hall–Kier alpha value is -3.25. The smallest absolute Gasteiger partial charge is 0.305 e. The summed E-state index contributed by atoms with van der Waals surface area (Å²) in [6.45, 7) is 2.19. The fourth-order valence-electron chi connectivity index (χ4n) is 3.06. The Kier molecular flexibility index (Phi) is 8.34. The molecule has 0 spiro atoms. The molecule has 32 heavy (non-hydrogen) atoms. The molecule has 166 valence electrons. The van der Waals surface area contributed by atoms with Crippen LogP contribution in [0.5, 0.6) is 0 Å². The van der Waals surface area contributed by atoms with Gasteiger partial charge in [-0.3, -0.25) is 15.1 Å². The van der Waals surface area contributed by atoms with Crippen molar-refractivity contribution >= 4 is 17.4 Å². The molecule has 0 aliphatic carbocycles. The average Bonchev–Trinajstić information content (AvgIpc) is 3.16. The number of thioether (sulfide) groups is 1. The number of nitro groups is 1. The molecule has 0 radical (unpaired) electrons. The molecule has 0 amide bonds. The Balaban J connectivity index is 1.68. The highest BCUT2D eigenvalue weighted by molar-refractivity contribution is 7.98. The van der Waals surface area contributed by atoms with E-state index in [1.165, 1.54) is 43.2 Å². The lowest BCUT2D eigenvalue weighted by Gasteiger charge is -2.05. The molecule has 7 nitrogen and oxygen atoms in total. The SMILES string of the molecule is CCCCCCC#Cc1cncc(-c2nnc(SCc3ccc(F)c([N+](=O)[O-])c3)n2C)c1. The van der Waals surface area contributed by atoms with Crippen LogP contribution in [0, 0.1) is 27.8 Å². The van der Waals surface area contributed by atoms with Gasteiger partial charge in [-0.25, -0.2) is 0 Å². The van der Waals surface area contributed by atoms with Gasteiger partial charge in [0.25, 0.3) is 0 Å². The molecule has 0 saturated heterocycles. The van der Waals surface area contributed by atoms with Crippen molar-refractivity contribution < 1.29 is 9.31 Å². The highest BCUT2D eigenvalue weighted by Crippen LogP contribution is 2.27. The van der Waals surface area contributed by atoms with E-state index in [1.807, 2.05) is 17.7 Å². The monoisotopic (exact) mass is 453 g/mol. The minimum absolute atomic E-state index is 0.398. The normalized spacial score (nSPS) is 10.6. The summed E-state index contributed by atoms with van der Waals surface area (Å²) in [5.74, 6) is 6.57. The van der Waals surface area contributed by atoms with Gasteiger partial charge in [-0.2, -0.15) is 4.39 Å². The first kappa shape index (κ1) is 23.4. The molecule has 0 unspecified atom stereocenters. The number of nitrogens with zero attached hydrogens (tertiary/aromatic N) is 5. The number of hydrogen-bond acceptors (Lipinski definition) is 6. The lowest BCUT2D eigenvalue weighted by molar-refractivity contribution is -0.387. The summed E-state index contributed by atoms with van der Waals surface area (Å²) in [6.07, 6.45) is 9.08. The van der Waals surface area contributed by atoms with Gasteiger partial charge < -0.3 is 4.57 Å². The maximum atomic E-state index is 13.5. The van der Waals surface area contributed by atoms with Crippen molar-refractivity contribution in [1.82, 2.24) is 19.7 Å². The molecular weight excluding hydrogens is 429 g/mol. The van der Waals surface area contributed by atoms with Crippen molar-refractivity contribution in [2.45, 2.75) is 49.9 Å². The average molecular weight is 454 g/mol. The summed E-state index contributed by atoms with van der Waals surface area (Å²) in [5.41, 5.74) is 1.73. The molecule has 3 aromatic rings. The molecular formula is C23H24FN5O2S. The minimum Gasteiger partial charge on any atom is -0.305 e. The predicted molar refractivity (Wildman–Crippen MR) is 122 cm³/mol. The second kappa shape index (κ2) is 11.4. The number of unbranched alkanes of at least 4 members (excludes halogenated alkanes) is 4.